The van der Waals surface area contributed by atoms with Crippen molar-refractivity contribution >= 4 is 18.3 Å². The van der Waals surface area contributed by atoms with Crippen LogP contribution in [-0.2, 0) is 4.79 Å². The van der Waals surface area contributed by atoms with Gasteiger partial charge in [0, 0.05) is 6.04 Å². The highest BCUT2D eigenvalue weighted by Crippen LogP contribution is 2.46. The summed E-state index contributed by atoms with van der Waals surface area (Å²) in [6.07, 6.45) is 5.05. The van der Waals surface area contributed by atoms with E-state index in [9.17, 15) is 4.79 Å². The summed E-state index contributed by atoms with van der Waals surface area (Å²) in [6.45, 7) is 9.18. The first-order valence-electron chi connectivity index (χ1n) is 6.72. The monoisotopic (exact) mass is 274 g/mol. The van der Waals surface area contributed by atoms with Gasteiger partial charge in [0.1, 0.15) is 0 Å². The fourth-order valence-electron chi connectivity index (χ4n) is 3.64. The van der Waals surface area contributed by atoms with Gasteiger partial charge in [-0.05, 0) is 42.9 Å². The number of carbonyl (C=O) groups is 1. The second-order valence-electron chi connectivity index (χ2n) is 7.74. The standard InChI is InChI=1S/C14H26N2O.ClH/c1-12(2)7-10(8-13(3,4)9-12)16-11(17)14(15)5-6-14;/h10H,5-9,15H2,1-4H3,(H,16,17);1H. The number of rotatable bonds is 2. The van der Waals surface area contributed by atoms with Crippen molar-refractivity contribution in [2.45, 2.75) is 71.4 Å². The zero-order valence-electron chi connectivity index (χ0n) is 12.0. The number of hydrogen-bond acceptors (Lipinski definition) is 2. The van der Waals surface area contributed by atoms with Crippen molar-refractivity contribution in [1.29, 1.82) is 0 Å². The SMILES string of the molecule is CC1(C)CC(NC(=O)C2(N)CC2)CC(C)(C)C1.Cl. The van der Waals surface area contributed by atoms with Crippen molar-refractivity contribution in [2.75, 3.05) is 0 Å². The molecular formula is C14H27ClN2O. The molecule has 3 nitrogen and oxygen atoms in total. The zero-order valence-corrected chi connectivity index (χ0v) is 12.8. The first-order chi connectivity index (χ1) is 7.62. The van der Waals surface area contributed by atoms with Crippen LogP contribution in [0.2, 0.25) is 0 Å². The predicted molar refractivity (Wildman–Crippen MR) is 76.7 cm³/mol. The van der Waals surface area contributed by atoms with Gasteiger partial charge in [-0.3, -0.25) is 4.79 Å². The summed E-state index contributed by atoms with van der Waals surface area (Å²) in [5.41, 5.74) is 6.02. The van der Waals surface area contributed by atoms with E-state index >= 15 is 0 Å². The second-order valence-corrected chi connectivity index (χ2v) is 7.74. The maximum Gasteiger partial charge on any atom is 0.240 e. The van der Waals surface area contributed by atoms with Crippen molar-refractivity contribution in [2.24, 2.45) is 16.6 Å². The third-order valence-electron chi connectivity index (χ3n) is 4.13. The fraction of sp³-hybridized carbons (Fsp3) is 0.929. The molecule has 2 fully saturated rings. The van der Waals surface area contributed by atoms with E-state index in [4.69, 9.17) is 5.73 Å². The van der Waals surface area contributed by atoms with Crippen LogP contribution in [0, 0.1) is 10.8 Å². The van der Waals surface area contributed by atoms with E-state index < -0.39 is 5.54 Å². The number of amides is 1. The Labute approximate surface area is 117 Å². The molecule has 0 unspecified atom stereocenters. The average Bonchev–Trinajstić information content (AvgIpc) is 2.78. The Morgan fingerprint density at radius 3 is 1.94 bits per heavy atom. The summed E-state index contributed by atoms with van der Waals surface area (Å²) >= 11 is 0. The minimum absolute atomic E-state index is 0. The van der Waals surface area contributed by atoms with Gasteiger partial charge in [0.15, 0.2) is 0 Å². The lowest BCUT2D eigenvalue weighted by molar-refractivity contribution is -0.124. The molecule has 2 rings (SSSR count). The van der Waals surface area contributed by atoms with E-state index in [1.165, 1.54) is 6.42 Å². The summed E-state index contributed by atoms with van der Waals surface area (Å²) < 4.78 is 0. The molecule has 0 aromatic heterocycles. The van der Waals surface area contributed by atoms with E-state index in [1.807, 2.05) is 0 Å². The quantitative estimate of drug-likeness (QED) is 0.813. The van der Waals surface area contributed by atoms with Crippen molar-refractivity contribution in [1.82, 2.24) is 5.32 Å². The van der Waals surface area contributed by atoms with E-state index in [1.54, 1.807) is 0 Å². The van der Waals surface area contributed by atoms with Crippen LogP contribution in [0.3, 0.4) is 0 Å². The number of nitrogens with one attached hydrogen (secondary N) is 1. The molecular weight excluding hydrogens is 248 g/mol. The number of halogens is 1. The summed E-state index contributed by atoms with van der Waals surface area (Å²) in [6, 6.07) is 0.294. The highest BCUT2D eigenvalue weighted by molar-refractivity contribution is 5.89. The summed E-state index contributed by atoms with van der Waals surface area (Å²) in [5, 5.41) is 3.17. The summed E-state index contributed by atoms with van der Waals surface area (Å²) in [7, 11) is 0. The molecule has 0 heterocycles. The van der Waals surface area contributed by atoms with Gasteiger partial charge in [0.2, 0.25) is 5.91 Å². The van der Waals surface area contributed by atoms with E-state index in [0.717, 1.165) is 25.7 Å². The molecule has 0 saturated heterocycles. The van der Waals surface area contributed by atoms with Gasteiger partial charge in [-0.15, -0.1) is 12.4 Å². The molecule has 0 aliphatic heterocycles. The Balaban J connectivity index is 0.00000162. The molecule has 18 heavy (non-hydrogen) atoms. The van der Waals surface area contributed by atoms with Gasteiger partial charge >= 0.3 is 0 Å². The molecule has 0 aromatic rings. The maximum atomic E-state index is 12.0. The Morgan fingerprint density at radius 2 is 1.56 bits per heavy atom. The topological polar surface area (TPSA) is 55.1 Å². The van der Waals surface area contributed by atoms with Crippen LogP contribution < -0.4 is 11.1 Å². The van der Waals surface area contributed by atoms with Gasteiger partial charge in [0.25, 0.3) is 0 Å². The number of hydrogen-bond donors (Lipinski definition) is 2. The summed E-state index contributed by atoms with van der Waals surface area (Å²) in [5.74, 6) is 0.0657. The van der Waals surface area contributed by atoms with Crippen molar-refractivity contribution in [3.8, 4) is 0 Å². The van der Waals surface area contributed by atoms with Gasteiger partial charge in [0.05, 0.1) is 5.54 Å². The van der Waals surface area contributed by atoms with Crippen molar-refractivity contribution in [3.05, 3.63) is 0 Å². The first kappa shape index (κ1) is 15.8. The molecule has 3 N–H and O–H groups in total. The third-order valence-corrected chi connectivity index (χ3v) is 4.13. The zero-order chi connectivity index (χ0) is 12.9. The second kappa shape index (κ2) is 4.68. The van der Waals surface area contributed by atoms with Crippen molar-refractivity contribution in [3.63, 3.8) is 0 Å². The van der Waals surface area contributed by atoms with Gasteiger partial charge in [-0.1, -0.05) is 27.7 Å². The molecule has 0 radical (unpaired) electrons. The van der Waals surface area contributed by atoms with Gasteiger partial charge < -0.3 is 11.1 Å². The highest BCUT2D eigenvalue weighted by atomic mass is 35.5. The Morgan fingerprint density at radius 1 is 1.11 bits per heavy atom. The smallest absolute Gasteiger partial charge is 0.240 e. The Hall–Kier alpha value is -0.280. The molecule has 1 amide bonds. The van der Waals surface area contributed by atoms with Crippen LogP contribution in [0.5, 0.6) is 0 Å². The van der Waals surface area contributed by atoms with Crippen LogP contribution in [0.15, 0.2) is 0 Å². The van der Waals surface area contributed by atoms with Crippen LogP contribution >= 0.6 is 12.4 Å². The van der Waals surface area contributed by atoms with Crippen molar-refractivity contribution < 1.29 is 4.79 Å². The molecule has 0 atom stereocenters. The highest BCUT2D eigenvalue weighted by Gasteiger charge is 2.47. The lowest BCUT2D eigenvalue weighted by atomic mass is 9.63. The van der Waals surface area contributed by atoms with Gasteiger partial charge in [-0.2, -0.15) is 0 Å². The molecule has 0 bridgehead atoms. The third kappa shape index (κ3) is 3.61. The molecule has 2 aliphatic carbocycles. The van der Waals surface area contributed by atoms with Crippen LogP contribution in [0.1, 0.15) is 59.8 Å². The molecule has 2 aliphatic rings. The largest absolute Gasteiger partial charge is 0.352 e. The molecule has 0 aromatic carbocycles. The number of carbonyl (C=O) groups excluding carboxylic acids is 1. The van der Waals surface area contributed by atoms with E-state index in [0.29, 0.717) is 16.9 Å². The van der Waals surface area contributed by atoms with Gasteiger partial charge in [-0.25, -0.2) is 0 Å². The minimum atomic E-state index is -0.536. The Bertz CT molecular complexity index is 319. The minimum Gasteiger partial charge on any atom is -0.352 e. The predicted octanol–water partition coefficient (Wildman–Crippen LogP) is 2.62. The Kier molecular flexibility index (Phi) is 4.10. The molecule has 0 spiro atoms. The normalized spacial score (nSPS) is 28.1. The molecule has 2 saturated carbocycles. The van der Waals surface area contributed by atoms with E-state index in [2.05, 4.69) is 33.0 Å². The van der Waals surface area contributed by atoms with E-state index in [-0.39, 0.29) is 18.3 Å². The maximum absolute atomic E-state index is 12.0. The lowest BCUT2D eigenvalue weighted by Gasteiger charge is -2.45. The van der Waals surface area contributed by atoms with Crippen LogP contribution in [-0.4, -0.2) is 17.5 Å². The van der Waals surface area contributed by atoms with Crippen LogP contribution in [0.25, 0.3) is 0 Å². The fourth-order valence-corrected chi connectivity index (χ4v) is 3.64. The average molecular weight is 275 g/mol. The molecule has 106 valence electrons. The lowest BCUT2D eigenvalue weighted by Crippen LogP contribution is -2.51. The molecule has 4 heteroatoms. The van der Waals surface area contributed by atoms with Crippen LogP contribution in [0.4, 0.5) is 0 Å². The first-order valence-corrected chi connectivity index (χ1v) is 6.72. The summed E-state index contributed by atoms with van der Waals surface area (Å²) in [4.78, 5) is 12.0. The number of nitrogens with two attached hydrogens (primary N) is 1.